The monoisotopic (exact) mass is 430 g/mol. The third-order valence-corrected chi connectivity index (χ3v) is 3.98. The molecule has 0 spiro atoms. The van der Waals surface area contributed by atoms with Crippen LogP contribution < -0.4 is 11.5 Å². The summed E-state index contributed by atoms with van der Waals surface area (Å²) in [6, 6.07) is 13.5. The molecule has 28 heavy (non-hydrogen) atoms. The Bertz CT molecular complexity index is 725. The lowest BCUT2D eigenvalue weighted by atomic mass is 10.1. The van der Waals surface area contributed by atoms with Crippen LogP contribution in [0.4, 0.5) is 9.59 Å². The summed E-state index contributed by atoms with van der Waals surface area (Å²) in [7, 11) is 0. The molecular formula is C18H20Cl2N2O6. The number of benzene rings is 2. The number of aliphatic hydroxyl groups excluding tert-OH is 2. The van der Waals surface area contributed by atoms with Gasteiger partial charge in [0, 0.05) is 21.2 Å². The molecule has 0 aromatic heterocycles. The number of aliphatic hydroxyl groups is 2. The van der Waals surface area contributed by atoms with Crippen LogP contribution in [-0.2, 0) is 9.47 Å². The Kier molecular flexibility index (Phi) is 10.1. The van der Waals surface area contributed by atoms with E-state index in [-0.39, 0.29) is 13.2 Å². The van der Waals surface area contributed by atoms with Crippen LogP contribution in [-0.4, -0.2) is 35.6 Å². The maximum Gasteiger partial charge on any atom is 0.404 e. The average Bonchev–Trinajstić information content (AvgIpc) is 2.65. The summed E-state index contributed by atoms with van der Waals surface area (Å²) in [4.78, 5) is 20.6. The molecule has 152 valence electrons. The molecule has 0 bridgehead atoms. The lowest BCUT2D eigenvalue weighted by Gasteiger charge is -2.11. The first-order valence-electron chi connectivity index (χ1n) is 7.91. The lowest BCUT2D eigenvalue weighted by molar-refractivity contribution is 0.0729. The van der Waals surface area contributed by atoms with E-state index in [9.17, 15) is 19.8 Å². The Morgan fingerprint density at radius 3 is 1.39 bits per heavy atom. The van der Waals surface area contributed by atoms with E-state index in [1.165, 1.54) is 0 Å². The molecule has 6 N–H and O–H groups in total. The van der Waals surface area contributed by atoms with Gasteiger partial charge in [-0.15, -0.1) is 0 Å². The molecule has 2 aromatic carbocycles. The van der Waals surface area contributed by atoms with E-state index < -0.39 is 24.4 Å². The van der Waals surface area contributed by atoms with Gasteiger partial charge in [-0.1, -0.05) is 59.6 Å². The fourth-order valence-corrected chi connectivity index (χ4v) is 2.52. The lowest BCUT2D eigenvalue weighted by Crippen LogP contribution is -2.17. The molecule has 0 fully saturated rings. The first kappa shape index (κ1) is 23.5. The van der Waals surface area contributed by atoms with E-state index in [1.54, 1.807) is 48.5 Å². The van der Waals surface area contributed by atoms with Crippen LogP contribution in [0.1, 0.15) is 23.3 Å². The van der Waals surface area contributed by atoms with Crippen molar-refractivity contribution >= 4 is 35.4 Å². The molecule has 0 radical (unpaired) electrons. The molecule has 0 saturated carbocycles. The molecule has 0 aliphatic rings. The van der Waals surface area contributed by atoms with Gasteiger partial charge < -0.3 is 31.2 Å². The number of carbonyl (C=O) groups excluding carboxylic acids is 2. The van der Waals surface area contributed by atoms with Gasteiger partial charge in [-0.05, 0) is 12.1 Å². The Morgan fingerprint density at radius 1 is 0.786 bits per heavy atom. The zero-order chi connectivity index (χ0) is 21.1. The second kappa shape index (κ2) is 12.0. The molecule has 0 aliphatic heterocycles. The van der Waals surface area contributed by atoms with E-state index >= 15 is 0 Å². The number of primary amides is 2. The number of hydrogen-bond acceptors (Lipinski definition) is 6. The minimum absolute atomic E-state index is 0.195. The first-order chi connectivity index (χ1) is 13.2. The van der Waals surface area contributed by atoms with Gasteiger partial charge in [0.15, 0.2) is 0 Å². The summed E-state index contributed by atoms with van der Waals surface area (Å²) in [5, 5.41) is 19.9. The Hall–Kier alpha value is -2.52. The van der Waals surface area contributed by atoms with Crippen LogP contribution in [0, 0.1) is 0 Å². The zero-order valence-electron chi connectivity index (χ0n) is 14.6. The normalized spacial score (nSPS) is 12.1. The highest BCUT2D eigenvalue weighted by Crippen LogP contribution is 2.23. The first-order valence-corrected chi connectivity index (χ1v) is 8.67. The van der Waals surface area contributed by atoms with Gasteiger partial charge in [0.1, 0.15) is 25.4 Å². The van der Waals surface area contributed by atoms with Crippen LogP contribution in [0.5, 0.6) is 0 Å². The molecule has 0 saturated heterocycles. The highest BCUT2D eigenvalue weighted by Gasteiger charge is 2.13. The second-order valence-electron chi connectivity index (χ2n) is 5.33. The maximum atomic E-state index is 10.3. The largest absolute Gasteiger partial charge is 0.447 e. The topological polar surface area (TPSA) is 145 Å². The predicted octanol–water partition coefficient (Wildman–Crippen LogP) is 2.94. The molecule has 0 aliphatic carbocycles. The summed E-state index contributed by atoms with van der Waals surface area (Å²) in [6.45, 7) is -0.391. The predicted molar refractivity (Wildman–Crippen MR) is 104 cm³/mol. The number of hydrogen-bond donors (Lipinski definition) is 4. The van der Waals surface area contributed by atoms with Gasteiger partial charge in [0.05, 0.1) is 0 Å². The van der Waals surface area contributed by atoms with Gasteiger partial charge in [-0.25, -0.2) is 9.59 Å². The van der Waals surface area contributed by atoms with Gasteiger partial charge in [0.2, 0.25) is 0 Å². The van der Waals surface area contributed by atoms with Crippen LogP contribution in [0.2, 0.25) is 10.0 Å². The second-order valence-corrected chi connectivity index (χ2v) is 6.15. The van der Waals surface area contributed by atoms with E-state index in [0.29, 0.717) is 21.2 Å². The van der Waals surface area contributed by atoms with Crippen molar-refractivity contribution in [2.24, 2.45) is 11.5 Å². The average molecular weight is 431 g/mol. The minimum atomic E-state index is -0.948. The molecule has 0 unspecified atom stereocenters. The molecule has 10 heteroatoms. The summed E-state index contributed by atoms with van der Waals surface area (Å²) < 4.78 is 8.89. The quantitative estimate of drug-likeness (QED) is 0.553. The van der Waals surface area contributed by atoms with Crippen molar-refractivity contribution in [3.63, 3.8) is 0 Å². The van der Waals surface area contributed by atoms with E-state index in [0.717, 1.165) is 0 Å². The highest BCUT2D eigenvalue weighted by atomic mass is 35.5. The van der Waals surface area contributed by atoms with Crippen LogP contribution in [0.15, 0.2) is 48.5 Å². The number of rotatable bonds is 6. The van der Waals surface area contributed by atoms with Crippen molar-refractivity contribution in [1.82, 2.24) is 0 Å². The SMILES string of the molecule is NC(=O)OC[C@@H](O)c1ccccc1Cl.NC(=O)OC[C@@H](O)c1ccccc1Cl. The van der Waals surface area contributed by atoms with Crippen LogP contribution in [0.25, 0.3) is 0 Å². The smallest absolute Gasteiger partial charge is 0.404 e. The van der Waals surface area contributed by atoms with Crippen LogP contribution >= 0.6 is 23.2 Å². The molecule has 2 atom stereocenters. The highest BCUT2D eigenvalue weighted by molar-refractivity contribution is 6.31. The summed E-state index contributed by atoms with van der Waals surface area (Å²) in [5.74, 6) is 0. The summed E-state index contributed by atoms with van der Waals surface area (Å²) in [5.41, 5.74) is 10.5. The molecule has 8 nitrogen and oxygen atoms in total. The van der Waals surface area contributed by atoms with Gasteiger partial charge >= 0.3 is 12.2 Å². The van der Waals surface area contributed by atoms with Crippen molar-refractivity contribution in [2.75, 3.05) is 13.2 Å². The Morgan fingerprint density at radius 2 is 1.11 bits per heavy atom. The Balaban J connectivity index is 0.000000280. The summed E-state index contributed by atoms with van der Waals surface area (Å²) in [6.07, 6.45) is -3.74. The third kappa shape index (κ3) is 8.45. The molecule has 2 rings (SSSR count). The number of halogens is 2. The number of ether oxygens (including phenoxy) is 2. The third-order valence-electron chi connectivity index (χ3n) is 3.30. The fraction of sp³-hybridized carbons (Fsp3) is 0.222. The molecule has 0 heterocycles. The molecule has 2 amide bonds. The number of nitrogens with two attached hydrogens (primary N) is 2. The number of amides is 2. The van der Waals surface area contributed by atoms with E-state index in [4.69, 9.17) is 34.7 Å². The standard InChI is InChI=1S/2C9H10ClNO3/c2*10-7-4-2-1-3-6(7)8(12)5-14-9(11)13/h2*1-4,8,12H,5H2,(H2,11,13)/t2*8-/m11/s1. The molecule has 2 aromatic rings. The van der Waals surface area contributed by atoms with Gasteiger partial charge in [-0.3, -0.25) is 0 Å². The summed E-state index contributed by atoms with van der Waals surface area (Å²) >= 11 is 11.6. The zero-order valence-corrected chi connectivity index (χ0v) is 16.1. The van der Waals surface area contributed by atoms with Crippen molar-refractivity contribution < 1.29 is 29.3 Å². The minimum Gasteiger partial charge on any atom is -0.447 e. The van der Waals surface area contributed by atoms with Crippen molar-refractivity contribution in [3.05, 3.63) is 69.7 Å². The number of carbonyl (C=O) groups is 2. The fourth-order valence-electron chi connectivity index (χ4n) is 1.99. The Labute approximate surface area is 171 Å². The van der Waals surface area contributed by atoms with E-state index in [1.807, 2.05) is 0 Å². The van der Waals surface area contributed by atoms with Gasteiger partial charge in [-0.2, -0.15) is 0 Å². The van der Waals surface area contributed by atoms with Crippen molar-refractivity contribution in [3.8, 4) is 0 Å². The van der Waals surface area contributed by atoms with Crippen molar-refractivity contribution in [2.45, 2.75) is 12.2 Å². The maximum absolute atomic E-state index is 10.3. The van der Waals surface area contributed by atoms with Crippen LogP contribution in [0.3, 0.4) is 0 Å². The van der Waals surface area contributed by atoms with E-state index in [2.05, 4.69) is 9.47 Å². The van der Waals surface area contributed by atoms with Crippen molar-refractivity contribution in [1.29, 1.82) is 0 Å². The molecular weight excluding hydrogens is 411 g/mol. The van der Waals surface area contributed by atoms with Gasteiger partial charge in [0.25, 0.3) is 0 Å².